The van der Waals surface area contributed by atoms with E-state index in [9.17, 15) is 0 Å². The van der Waals surface area contributed by atoms with Crippen LogP contribution in [0.4, 0.5) is 0 Å². The summed E-state index contributed by atoms with van der Waals surface area (Å²) in [7, 11) is 0. The zero-order valence-corrected chi connectivity index (χ0v) is 13.8. The first-order chi connectivity index (χ1) is 11.3. The highest BCUT2D eigenvalue weighted by Crippen LogP contribution is 2.20. The average Bonchev–Trinajstić information content (AvgIpc) is 2.92. The molecule has 3 heteroatoms. The van der Waals surface area contributed by atoms with Crippen molar-refractivity contribution in [2.45, 2.75) is 39.2 Å². The predicted octanol–water partition coefficient (Wildman–Crippen LogP) is 4.06. The second kappa shape index (κ2) is 7.42. The van der Waals surface area contributed by atoms with Gasteiger partial charge in [0.15, 0.2) is 0 Å². The van der Waals surface area contributed by atoms with Crippen LogP contribution in [0.2, 0.25) is 0 Å². The fourth-order valence-electron chi connectivity index (χ4n) is 3.05. The number of unbranched alkanes of at least 4 members (excludes halogenated alkanes) is 2. The molecule has 0 radical (unpaired) electrons. The third-order valence-corrected chi connectivity index (χ3v) is 4.43. The van der Waals surface area contributed by atoms with E-state index in [1.54, 1.807) is 0 Å². The summed E-state index contributed by atoms with van der Waals surface area (Å²) in [4.78, 5) is 4.87. The van der Waals surface area contributed by atoms with Crippen molar-refractivity contribution in [3.63, 3.8) is 0 Å². The molecule has 0 bridgehead atoms. The third-order valence-electron chi connectivity index (χ3n) is 4.43. The lowest BCUT2D eigenvalue weighted by Gasteiger charge is -2.11. The van der Waals surface area contributed by atoms with Crippen LogP contribution in [0.1, 0.15) is 36.2 Å². The largest absolute Gasteiger partial charge is 0.330 e. The molecule has 120 valence electrons. The number of aromatic nitrogens is 2. The van der Waals surface area contributed by atoms with Crippen LogP contribution in [-0.4, -0.2) is 16.1 Å². The molecule has 2 aromatic carbocycles. The number of aryl methyl sites for hydroxylation is 2. The Hall–Kier alpha value is -2.13. The summed E-state index contributed by atoms with van der Waals surface area (Å²) in [6.45, 7) is 3.84. The molecule has 1 aromatic heterocycles. The summed E-state index contributed by atoms with van der Waals surface area (Å²) >= 11 is 0. The fraction of sp³-hybridized carbons (Fsp3) is 0.350. The Morgan fingerprint density at radius 2 is 1.74 bits per heavy atom. The molecular formula is C20H25N3. The van der Waals surface area contributed by atoms with Crippen molar-refractivity contribution in [3.05, 3.63) is 65.5 Å². The maximum absolute atomic E-state index is 5.60. The molecule has 0 saturated heterocycles. The van der Waals surface area contributed by atoms with E-state index in [1.165, 1.54) is 28.9 Å². The van der Waals surface area contributed by atoms with Crippen molar-refractivity contribution in [2.24, 2.45) is 5.73 Å². The average molecular weight is 307 g/mol. The molecule has 23 heavy (non-hydrogen) atoms. The molecule has 0 amide bonds. The van der Waals surface area contributed by atoms with E-state index in [4.69, 9.17) is 10.7 Å². The van der Waals surface area contributed by atoms with E-state index in [-0.39, 0.29) is 0 Å². The molecule has 0 aliphatic heterocycles. The lowest BCUT2D eigenvalue weighted by Crippen LogP contribution is -2.07. The molecule has 0 saturated carbocycles. The summed E-state index contributed by atoms with van der Waals surface area (Å²) in [6.07, 6.45) is 4.43. The van der Waals surface area contributed by atoms with Gasteiger partial charge >= 0.3 is 0 Å². The summed E-state index contributed by atoms with van der Waals surface area (Å²) in [5.41, 5.74) is 10.6. The van der Waals surface area contributed by atoms with Gasteiger partial charge in [-0.25, -0.2) is 4.98 Å². The van der Waals surface area contributed by atoms with Crippen LogP contribution in [0.15, 0.2) is 48.5 Å². The monoisotopic (exact) mass is 307 g/mol. The molecule has 0 aliphatic rings. The molecule has 0 aliphatic carbocycles. The molecule has 0 unspecified atom stereocenters. The number of nitrogens with two attached hydrogens (primary N) is 1. The van der Waals surface area contributed by atoms with Gasteiger partial charge in [0.2, 0.25) is 0 Å². The highest BCUT2D eigenvalue weighted by molar-refractivity contribution is 5.76. The fourth-order valence-corrected chi connectivity index (χ4v) is 3.05. The molecule has 2 N–H and O–H groups in total. The molecule has 0 fully saturated rings. The second-order valence-corrected chi connectivity index (χ2v) is 6.13. The van der Waals surface area contributed by atoms with Crippen molar-refractivity contribution in [1.29, 1.82) is 0 Å². The van der Waals surface area contributed by atoms with Crippen LogP contribution in [0.3, 0.4) is 0 Å². The van der Waals surface area contributed by atoms with Crippen molar-refractivity contribution in [1.82, 2.24) is 9.55 Å². The van der Waals surface area contributed by atoms with Gasteiger partial charge in [0.25, 0.3) is 0 Å². The topological polar surface area (TPSA) is 43.8 Å². The Morgan fingerprint density at radius 3 is 2.57 bits per heavy atom. The maximum Gasteiger partial charge on any atom is 0.110 e. The van der Waals surface area contributed by atoms with Crippen LogP contribution < -0.4 is 5.73 Å². The Bertz CT molecular complexity index is 773. The SMILES string of the molecule is Cc1ccccc1Cn1c(CCCCCN)nc2ccccc21. The van der Waals surface area contributed by atoms with Gasteiger partial charge in [-0.1, -0.05) is 42.8 Å². The Kier molecular flexibility index (Phi) is 5.09. The second-order valence-electron chi connectivity index (χ2n) is 6.13. The van der Waals surface area contributed by atoms with Crippen LogP contribution in [0, 0.1) is 6.92 Å². The molecule has 3 aromatic rings. The zero-order valence-electron chi connectivity index (χ0n) is 13.8. The number of imidazole rings is 1. The first kappa shape index (κ1) is 15.8. The quantitative estimate of drug-likeness (QED) is 0.669. The van der Waals surface area contributed by atoms with Gasteiger partial charge in [0.05, 0.1) is 11.0 Å². The molecule has 3 nitrogen and oxygen atoms in total. The van der Waals surface area contributed by atoms with Crippen LogP contribution in [0.5, 0.6) is 0 Å². The number of hydrogen-bond donors (Lipinski definition) is 1. The normalized spacial score (nSPS) is 11.2. The van der Waals surface area contributed by atoms with Crippen molar-refractivity contribution < 1.29 is 0 Å². The van der Waals surface area contributed by atoms with E-state index in [2.05, 4.69) is 60.0 Å². The van der Waals surface area contributed by atoms with Crippen LogP contribution >= 0.6 is 0 Å². The van der Waals surface area contributed by atoms with Gasteiger partial charge in [-0.05, 0) is 49.6 Å². The van der Waals surface area contributed by atoms with E-state index >= 15 is 0 Å². The first-order valence-corrected chi connectivity index (χ1v) is 8.48. The molecule has 0 atom stereocenters. The molecule has 1 heterocycles. The summed E-state index contributed by atoms with van der Waals surface area (Å²) < 4.78 is 2.38. The molecular weight excluding hydrogens is 282 g/mol. The van der Waals surface area contributed by atoms with E-state index in [0.29, 0.717) is 0 Å². The summed E-state index contributed by atoms with van der Waals surface area (Å²) in [6, 6.07) is 17.0. The van der Waals surface area contributed by atoms with Gasteiger partial charge in [-0.3, -0.25) is 0 Å². The number of hydrogen-bond acceptors (Lipinski definition) is 2. The number of rotatable bonds is 7. The summed E-state index contributed by atoms with van der Waals surface area (Å²) in [5, 5.41) is 0. The van der Waals surface area contributed by atoms with Crippen molar-refractivity contribution in [3.8, 4) is 0 Å². The van der Waals surface area contributed by atoms with E-state index in [0.717, 1.165) is 37.9 Å². The van der Waals surface area contributed by atoms with Crippen molar-refractivity contribution >= 4 is 11.0 Å². The highest BCUT2D eigenvalue weighted by atomic mass is 15.1. The zero-order chi connectivity index (χ0) is 16.1. The third kappa shape index (κ3) is 3.62. The number of nitrogens with zero attached hydrogens (tertiary/aromatic N) is 2. The smallest absolute Gasteiger partial charge is 0.110 e. The summed E-state index contributed by atoms with van der Waals surface area (Å²) in [5.74, 6) is 1.19. The minimum Gasteiger partial charge on any atom is -0.330 e. The van der Waals surface area contributed by atoms with Gasteiger partial charge in [0.1, 0.15) is 5.82 Å². The minimum absolute atomic E-state index is 0.777. The minimum atomic E-state index is 0.777. The van der Waals surface area contributed by atoms with Crippen LogP contribution in [-0.2, 0) is 13.0 Å². The number of para-hydroxylation sites is 2. The lowest BCUT2D eigenvalue weighted by atomic mass is 10.1. The predicted molar refractivity (Wildman–Crippen MR) is 96.6 cm³/mol. The highest BCUT2D eigenvalue weighted by Gasteiger charge is 2.11. The van der Waals surface area contributed by atoms with Crippen molar-refractivity contribution in [2.75, 3.05) is 6.54 Å². The van der Waals surface area contributed by atoms with Gasteiger partial charge < -0.3 is 10.3 Å². The van der Waals surface area contributed by atoms with E-state index < -0.39 is 0 Å². The lowest BCUT2D eigenvalue weighted by molar-refractivity contribution is 0.643. The Balaban J connectivity index is 1.91. The van der Waals surface area contributed by atoms with E-state index in [1.807, 2.05) is 0 Å². The van der Waals surface area contributed by atoms with Gasteiger partial charge in [-0.2, -0.15) is 0 Å². The Labute approximate surface area is 138 Å². The number of benzene rings is 2. The van der Waals surface area contributed by atoms with Gasteiger partial charge in [0, 0.05) is 13.0 Å². The van der Waals surface area contributed by atoms with Crippen LogP contribution in [0.25, 0.3) is 11.0 Å². The molecule has 0 spiro atoms. The van der Waals surface area contributed by atoms with Gasteiger partial charge in [-0.15, -0.1) is 0 Å². The Morgan fingerprint density at radius 1 is 0.957 bits per heavy atom. The first-order valence-electron chi connectivity index (χ1n) is 8.48. The number of fused-ring (bicyclic) bond motifs is 1. The maximum atomic E-state index is 5.60. The standard InChI is InChI=1S/C20H25N3/c1-16-9-4-5-10-17(16)15-23-19-12-7-6-11-18(19)22-20(23)13-3-2-8-14-21/h4-7,9-12H,2-3,8,13-15,21H2,1H3. The molecule has 3 rings (SSSR count).